The van der Waals surface area contributed by atoms with Gasteiger partial charge in [0, 0.05) is 6.07 Å². The molecule has 24 heavy (non-hydrogen) atoms. The van der Waals surface area contributed by atoms with Crippen molar-refractivity contribution < 1.29 is 22.8 Å². The Labute approximate surface area is 143 Å². The average molecular weight is 373 g/mol. The second kappa shape index (κ2) is 6.93. The Kier molecular flexibility index (Phi) is 5.15. The Balaban J connectivity index is 2.39. The zero-order valence-corrected chi connectivity index (χ0v) is 14.2. The van der Waals surface area contributed by atoms with E-state index in [9.17, 15) is 18.5 Å². The summed E-state index contributed by atoms with van der Waals surface area (Å²) in [4.78, 5) is 10.0. The predicted molar refractivity (Wildman–Crippen MR) is 88.5 cm³/mol. The molecule has 0 bridgehead atoms. The average Bonchev–Trinajstić information content (AvgIpc) is 2.54. The molecule has 0 spiro atoms. The molecule has 0 saturated heterocycles. The van der Waals surface area contributed by atoms with Gasteiger partial charge in [0.05, 0.1) is 34.7 Å². The van der Waals surface area contributed by atoms with E-state index in [4.69, 9.17) is 21.1 Å². The van der Waals surface area contributed by atoms with Crippen LogP contribution in [0.15, 0.2) is 41.3 Å². The van der Waals surface area contributed by atoms with Gasteiger partial charge < -0.3 is 9.47 Å². The first-order valence-corrected chi connectivity index (χ1v) is 8.33. The predicted octanol–water partition coefficient (Wildman–Crippen LogP) is 3.07. The zero-order valence-electron chi connectivity index (χ0n) is 12.6. The molecular formula is C14H13ClN2O6S. The van der Waals surface area contributed by atoms with Crippen LogP contribution in [0.4, 0.5) is 11.4 Å². The molecule has 0 amide bonds. The molecule has 2 rings (SSSR count). The highest BCUT2D eigenvalue weighted by atomic mass is 35.5. The van der Waals surface area contributed by atoms with Crippen molar-refractivity contribution in [3.8, 4) is 11.5 Å². The lowest BCUT2D eigenvalue weighted by Gasteiger charge is -2.10. The van der Waals surface area contributed by atoms with Gasteiger partial charge >= 0.3 is 5.69 Å². The lowest BCUT2D eigenvalue weighted by Crippen LogP contribution is -2.13. The van der Waals surface area contributed by atoms with Crippen molar-refractivity contribution in [1.29, 1.82) is 0 Å². The number of anilines is 1. The van der Waals surface area contributed by atoms with Crippen LogP contribution in [0.5, 0.6) is 11.5 Å². The lowest BCUT2D eigenvalue weighted by atomic mass is 10.3. The van der Waals surface area contributed by atoms with E-state index in [0.717, 1.165) is 6.07 Å². The van der Waals surface area contributed by atoms with Crippen LogP contribution in [0, 0.1) is 10.1 Å². The van der Waals surface area contributed by atoms with Crippen molar-refractivity contribution in [2.75, 3.05) is 18.9 Å². The number of halogens is 1. The molecule has 0 aliphatic heterocycles. The van der Waals surface area contributed by atoms with Crippen LogP contribution in [-0.4, -0.2) is 27.6 Å². The summed E-state index contributed by atoms with van der Waals surface area (Å²) >= 11 is 5.95. The van der Waals surface area contributed by atoms with Crippen LogP contribution in [0.3, 0.4) is 0 Å². The van der Waals surface area contributed by atoms with Crippen LogP contribution >= 0.6 is 11.6 Å². The molecule has 0 saturated carbocycles. The Hall–Kier alpha value is -2.52. The summed E-state index contributed by atoms with van der Waals surface area (Å²) in [6.45, 7) is 0. The highest BCUT2D eigenvalue weighted by molar-refractivity contribution is 7.92. The molecule has 0 aliphatic carbocycles. The summed E-state index contributed by atoms with van der Waals surface area (Å²) in [5.74, 6) is 0.353. The van der Waals surface area contributed by atoms with Crippen molar-refractivity contribution in [2.45, 2.75) is 4.90 Å². The van der Waals surface area contributed by atoms with E-state index < -0.39 is 20.6 Å². The molecule has 0 unspecified atom stereocenters. The molecule has 2 aromatic rings. The quantitative estimate of drug-likeness (QED) is 0.616. The van der Waals surface area contributed by atoms with E-state index in [0.29, 0.717) is 5.75 Å². The van der Waals surface area contributed by atoms with Gasteiger partial charge in [-0.1, -0.05) is 11.6 Å². The minimum absolute atomic E-state index is 0.0357. The van der Waals surface area contributed by atoms with Gasteiger partial charge in [-0.15, -0.1) is 0 Å². The number of nitrogens with one attached hydrogen (secondary N) is 1. The van der Waals surface area contributed by atoms with E-state index in [1.165, 1.54) is 44.6 Å². The molecule has 0 atom stereocenters. The van der Waals surface area contributed by atoms with Crippen LogP contribution in [0.25, 0.3) is 0 Å². The fourth-order valence-corrected chi connectivity index (χ4v) is 3.25. The van der Waals surface area contributed by atoms with Crippen molar-refractivity contribution in [3.63, 3.8) is 0 Å². The third-order valence-corrected chi connectivity index (χ3v) is 4.74. The normalized spacial score (nSPS) is 11.0. The second-order valence-corrected chi connectivity index (χ2v) is 6.64. The maximum absolute atomic E-state index is 12.4. The van der Waals surface area contributed by atoms with E-state index in [-0.39, 0.29) is 21.4 Å². The van der Waals surface area contributed by atoms with Crippen LogP contribution < -0.4 is 14.2 Å². The summed E-state index contributed by atoms with van der Waals surface area (Å²) in [5.41, 5.74) is -0.257. The van der Waals surface area contributed by atoms with Gasteiger partial charge in [0.25, 0.3) is 10.0 Å². The molecule has 0 aromatic heterocycles. The molecule has 0 aliphatic rings. The molecule has 0 heterocycles. The Morgan fingerprint density at radius 3 is 2.25 bits per heavy atom. The number of nitro benzene ring substituents is 1. The standard InChI is InChI=1S/C14H13ClN2O6S/c1-22-13-5-3-9(7-11(13)15)16-24(20,21)10-4-6-14(23-2)12(8-10)17(18)19/h3-8,16H,1-2H3. The van der Waals surface area contributed by atoms with Crippen LogP contribution in [-0.2, 0) is 10.0 Å². The summed E-state index contributed by atoms with van der Waals surface area (Å²) in [5, 5.41) is 11.2. The maximum Gasteiger partial charge on any atom is 0.312 e. The Bertz CT molecular complexity index is 885. The molecule has 1 N–H and O–H groups in total. The first-order valence-electron chi connectivity index (χ1n) is 6.47. The van der Waals surface area contributed by atoms with Gasteiger partial charge in [-0.05, 0) is 30.3 Å². The molecule has 128 valence electrons. The number of sulfonamides is 1. The lowest BCUT2D eigenvalue weighted by molar-refractivity contribution is -0.386. The number of nitro groups is 1. The number of nitrogens with zero attached hydrogens (tertiary/aromatic N) is 1. The first-order chi connectivity index (χ1) is 11.3. The topological polar surface area (TPSA) is 108 Å². The summed E-state index contributed by atoms with van der Waals surface area (Å²) in [6, 6.07) is 7.67. The fraction of sp³-hybridized carbons (Fsp3) is 0.143. The smallest absolute Gasteiger partial charge is 0.312 e. The number of ether oxygens (including phenoxy) is 2. The van der Waals surface area contributed by atoms with Crippen LogP contribution in [0.2, 0.25) is 5.02 Å². The molecule has 10 heteroatoms. The van der Waals surface area contributed by atoms with Gasteiger partial charge in [0.2, 0.25) is 0 Å². The Morgan fingerprint density at radius 2 is 1.71 bits per heavy atom. The largest absolute Gasteiger partial charge is 0.495 e. The van der Waals surface area contributed by atoms with E-state index in [2.05, 4.69) is 4.72 Å². The van der Waals surface area contributed by atoms with Crippen molar-refractivity contribution in [1.82, 2.24) is 0 Å². The van der Waals surface area contributed by atoms with Gasteiger partial charge in [-0.25, -0.2) is 8.42 Å². The SMILES string of the molecule is COc1ccc(NS(=O)(=O)c2ccc(OC)c([N+](=O)[O-])c2)cc1Cl. The van der Waals surface area contributed by atoms with Gasteiger partial charge in [0.1, 0.15) is 5.75 Å². The minimum atomic E-state index is -4.04. The van der Waals surface area contributed by atoms with Gasteiger partial charge in [0.15, 0.2) is 5.75 Å². The van der Waals surface area contributed by atoms with E-state index in [1.54, 1.807) is 0 Å². The number of benzene rings is 2. The van der Waals surface area contributed by atoms with E-state index >= 15 is 0 Å². The summed E-state index contributed by atoms with van der Waals surface area (Å²) in [6.07, 6.45) is 0. The van der Waals surface area contributed by atoms with Crippen molar-refractivity contribution in [2.24, 2.45) is 0 Å². The maximum atomic E-state index is 12.4. The monoisotopic (exact) mass is 372 g/mol. The first kappa shape index (κ1) is 17.8. The third-order valence-electron chi connectivity index (χ3n) is 3.06. The number of rotatable bonds is 6. The fourth-order valence-electron chi connectivity index (χ4n) is 1.92. The second-order valence-electron chi connectivity index (χ2n) is 4.55. The highest BCUT2D eigenvalue weighted by Gasteiger charge is 2.22. The molecule has 0 radical (unpaired) electrons. The summed E-state index contributed by atoms with van der Waals surface area (Å²) < 4.78 is 36.9. The number of hydrogen-bond donors (Lipinski definition) is 1. The third kappa shape index (κ3) is 3.69. The number of methoxy groups -OCH3 is 2. The minimum Gasteiger partial charge on any atom is -0.495 e. The summed E-state index contributed by atoms with van der Waals surface area (Å²) in [7, 11) is -1.35. The van der Waals surface area contributed by atoms with Gasteiger partial charge in [-0.3, -0.25) is 14.8 Å². The molecule has 8 nitrogen and oxygen atoms in total. The van der Waals surface area contributed by atoms with E-state index in [1.807, 2.05) is 0 Å². The van der Waals surface area contributed by atoms with Gasteiger partial charge in [-0.2, -0.15) is 0 Å². The molecule has 2 aromatic carbocycles. The van der Waals surface area contributed by atoms with Crippen molar-refractivity contribution in [3.05, 3.63) is 51.5 Å². The number of hydrogen-bond acceptors (Lipinski definition) is 6. The highest BCUT2D eigenvalue weighted by Crippen LogP contribution is 2.31. The molecular weight excluding hydrogens is 360 g/mol. The Morgan fingerprint density at radius 1 is 1.08 bits per heavy atom. The van der Waals surface area contributed by atoms with Crippen LogP contribution in [0.1, 0.15) is 0 Å². The molecule has 0 fully saturated rings. The van der Waals surface area contributed by atoms with Crippen molar-refractivity contribution >= 4 is 33.0 Å². The zero-order chi connectivity index (χ0) is 17.9.